The van der Waals surface area contributed by atoms with Gasteiger partial charge in [-0.05, 0) is 59.3 Å². The summed E-state index contributed by atoms with van der Waals surface area (Å²) in [5, 5.41) is -0.952. The Kier molecular flexibility index (Phi) is 6.05. The molecular formula is C16H14ClIO4S. The van der Waals surface area contributed by atoms with Gasteiger partial charge in [-0.1, -0.05) is 35.9 Å². The molecule has 0 aliphatic carbocycles. The molecule has 2 aromatic rings. The summed E-state index contributed by atoms with van der Waals surface area (Å²) < 4.78 is 31.5. The van der Waals surface area contributed by atoms with Crippen molar-refractivity contribution in [2.75, 3.05) is 6.61 Å². The second-order valence-electron chi connectivity index (χ2n) is 4.66. The zero-order valence-corrected chi connectivity index (χ0v) is 15.9. The molecule has 0 saturated carbocycles. The monoisotopic (exact) mass is 464 g/mol. The topological polar surface area (TPSA) is 60.4 Å². The summed E-state index contributed by atoms with van der Waals surface area (Å²) in [6, 6.07) is 12.6. The molecule has 0 heterocycles. The first kappa shape index (κ1) is 18.2. The lowest BCUT2D eigenvalue weighted by atomic mass is 10.1. The van der Waals surface area contributed by atoms with Crippen molar-refractivity contribution < 1.29 is 17.9 Å². The van der Waals surface area contributed by atoms with E-state index in [0.29, 0.717) is 14.2 Å². The van der Waals surface area contributed by atoms with E-state index in [1.807, 2.05) is 22.6 Å². The third kappa shape index (κ3) is 4.05. The van der Waals surface area contributed by atoms with Crippen LogP contribution in [0.2, 0.25) is 5.02 Å². The highest BCUT2D eigenvalue weighted by molar-refractivity contribution is 14.1. The van der Waals surface area contributed by atoms with Gasteiger partial charge in [-0.25, -0.2) is 8.42 Å². The van der Waals surface area contributed by atoms with Crippen LogP contribution in [-0.4, -0.2) is 21.0 Å². The maximum absolute atomic E-state index is 12.9. The number of benzene rings is 2. The van der Waals surface area contributed by atoms with Crippen molar-refractivity contribution in [3.63, 3.8) is 0 Å². The number of halogens is 2. The molecule has 23 heavy (non-hydrogen) atoms. The molecule has 0 amide bonds. The summed E-state index contributed by atoms with van der Waals surface area (Å²) >= 11 is 7.89. The second kappa shape index (κ2) is 7.63. The maximum Gasteiger partial charge on any atom is 0.329 e. The van der Waals surface area contributed by atoms with Gasteiger partial charge in [0.25, 0.3) is 0 Å². The van der Waals surface area contributed by atoms with E-state index in [4.69, 9.17) is 16.3 Å². The zero-order valence-electron chi connectivity index (χ0n) is 12.2. The largest absolute Gasteiger partial charge is 0.465 e. The Labute approximate surface area is 153 Å². The average molecular weight is 465 g/mol. The first-order chi connectivity index (χ1) is 10.9. The summed E-state index contributed by atoms with van der Waals surface area (Å²) in [5.41, 5.74) is 0.359. The summed E-state index contributed by atoms with van der Waals surface area (Å²) in [4.78, 5) is 12.4. The van der Waals surface area contributed by atoms with Crippen molar-refractivity contribution in [2.24, 2.45) is 0 Å². The predicted octanol–water partition coefficient (Wildman–Crippen LogP) is 4.02. The Bertz CT molecular complexity index is 806. The minimum Gasteiger partial charge on any atom is -0.465 e. The molecule has 2 aromatic carbocycles. The number of esters is 1. The lowest BCUT2D eigenvalue weighted by Gasteiger charge is -2.18. The van der Waals surface area contributed by atoms with Crippen molar-refractivity contribution in [1.82, 2.24) is 0 Å². The van der Waals surface area contributed by atoms with E-state index in [1.54, 1.807) is 43.3 Å². The van der Waals surface area contributed by atoms with Crippen LogP contribution in [0.3, 0.4) is 0 Å². The molecule has 122 valence electrons. The SMILES string of the molecule is CCOC(=O)C(c1ccc(Cl)cc1I)S(=O)(=O)c1ccccc1. The molecule has 1 atom stereocenters. The molecule has 0 saturated heterocycles. The first-order valence-corrected chi connectivity index (χ1v) is 9.78. The summed E-state index contributed by atoms with van der Waals surface area (Å²) in [6.45, 7) is 1.74. The van der Waals surface area contributed by atoms with Crippen molar-refractivity contribution in [3.05, 3.63) is 62.7 Å². The minimum atomic E-state index is -3.93. The molecule has 0 fully saturated rings. The third-order valence-electron chi connectivity index (χ3n) is 3.13. The number of carbonyl (C=O) groups excluding carboxylic acids is 1. The van der Waals surface area contributed by atoms with Crippen LogP contribution in [0.15, 0.2) is 53.4 Å². The van der Waals surface area contributed by atoms with Crippen molar-refractivity contribution >= 4 is 50.0 Å². The number of ether oxygens (including phenoxy) is 1. The molecule has 0 aliphatic rings. The smallest absolute Gasteiger partial charge is 0.329 e. The van der Waals surface area contributed by atoms with Gasteiger partial charge in [0, 0.05) is 8.59 Å². The van der Waals surface area contributed by atoms with E-state index in [9.17, 15) is 13.2 Å². The van der Waals surface area contributed by atoms with E-state index < -0.39 is 21.1 Å². The molecule has 4 nitrogen and oxygen atoms in total. The fourth-order valence-electron chi connectivity index (χ4n) is 2.10. The van der Waals surface area contributed by atoms with Gasteiger partial charge < -0.3 is 4.74 Å². The summed E-state index contributed by atoms with van der Waals surface area (Å²) in [5.74, 6) is -0.795. The third-order valence-corrected chi connectivity index (χ3v) is 6.29. The van der Waals surface area contributed by atoms with Gasteiger partial charge in [-0.15, -0.1) is 0 Å². The number of hydrogen-bond donors (Lipinski definition) is 0. The molecule has 0 aliphatic heterocycles. The number of sulfone groups is 1. The molecule has 0 spiro atoms. The normalized spacial score (nSPS) is 12.7. The van der Waals surface area contributed by atoms with Crippen LogP contribution in [0.4, 0.5) is 0 Å². The van der Waals surface area contributed by atoms with E-state index >= 15 is 0 Å². The second-order valence-corrected chi connectivity index (χ2v) is 8.29. The first-order valence-electron chi connectivity index (χ1n) is 6.78. The van der Waals surface area contributed by atoms with Crippen LogP contribution in [-0.2, 0) is 19.4 Å². The Morgan fingerprint density at radius 2 is 1.87 bits per heavy atom. The minimum absolute atomic E-state index is 0.0730. The highest BCUT2D eigenvalue weighted by Gasteiger charge is 2.38. The van der Waals surface area contributed by atoms with E-state index in [2.05, 4.69) is 0 Å². The van der Waals surface area contributed by atoms with Crippen molar-refractivity contribution in [2.45, 2.75) is 17.1 Å². The lowest BCUT2D eigenvalue weighted by Crippen LogP contribution is -2.25. The zero-order chi connectivity index (χ0) is 17.0. The molecule has 0 aromatic heterocycles. The van der Waals surface area contributed by atoms with Gasteiger partial charge in [0.05, 0.1) is 11.5 Å². The number of hydrogen-bond acceptors (Lipinski definition) is 4. The van der Waals surface area contributed by atoms with Crippen LogP contribution < -0.4 is 0 Å². The van der Waals surface area contributed by atoms with E-state index in [-0.39, 0.29) is 11.5 Å². The average Bonchev–Trinajstić information content (AvgIpc) is 2.51. The fourth-order valence-corrected chi connectivity index (χ4v) is 5.16. The van der Waals surface area contributed by atoms with Crippen LogP contribution in [0.5, 0.6) is 0 Å². The van der Waals surface area contributed by atoms with Crippen LogP contribution in [0, 0.1) is 3.57 Å². The highest BCUT2D eigenvalue weighted by atomic mass is 127. The van der Waals surface area contributed by atoms with Crippen LogP contribution in [0.25, 0.3) is 0 Å². The summed E-state index contributed by atoms with van der Waals surface area (Å²) in [6.07, 6.45) is 0. The molecule has 1 unspecified atom stereocenters. The molecular weight excluding hydrogens is 451 g/mol. The Morgan fingerprint density at radius 3 is 2.43 bits per heavy atom. The standard InChI is InChI=1S/C16H14ClIO4S/c1-2-22-16(19)15(13-9-8-11(17)10-14(13)18)23(20,21)12-6-4-3-5-7-12/h3-10,15H,2H2,1H3. The van der Waals surface area contributed by atoms with Crippen molar-refractivity contribution in [1.29, 1.82) is 0 Å². The molecule has 0 bridgehead atoms. The van der Waals surface area contributed by atoms with E-state index in [0.717, 1.165) is 0 Å². The molecule has 0 radical (unpaired) electrons. The quantitative estimate of drug-likeness (QED) is 0.495. The molecule has 0 N–H and O–H groups in total. The van der Waals surface area contributed by atoms with Gasteiger partial charge >= 0.3 is 5.97 Å². The van der Waals surface area contributed by atoms with Crippen molar-refractivity contribution in [3.8, 4) is 0 Å². The lowest BCUT2D eigenvalue weighted by molar-refractivity contribution is -0.142. The maximum atomic E-state index is 12.9. The summed E-state index contributed by atoms with van der Waals surface area (Å²) in [7, 11) is -3.93. The van der Waals surface area contributed by atoms with Crippen LogP contribution in [0.1, 0.15) is 17.7 Å². The number of carbonyl (C=O) groups is 1. The Morgan fingerprint density at radius 1 is 1.22 bits per heavy atom. The molecule has 2 rings (SSSR count). The Balaban J connectivity index is 2.61. The molecule has 7 heteroatoms. The van der Waals surface area contributed by atoms with Crippen LogP contribution >= 0.6 is 34.2 Å². The van der Waals surface area contributed by atoms with Gasteiger partial charge in [-0.2, -0.15) is 0 Å². The predicted molar refractivity (Wildman–Crippen MR) is 97.2 cm³/mol. The van der Waals surface area contributed by atoms with Gasteiger partial charge in [-0.3, -0.25) is 4.79 Å². The Hall–Kier alpha value is -1.12. The van der Waals surface area contributed by atoms with Gasteiger partial charge in [0.2, 0.25) is 0 Å². The van der Waals surface area contributed by atoms with E-state index in [1.165, 1.54) is 12.1 Å². The number of rotatable bonds is 5. The fraction of sp³-hybridized carbons (Fsp3) is 0.188. The van der Waals surface area contributed by atoms with Gasteiger partial charge in [0.15, 0.2) is 15.1 Å². The van der Waals surface area contributed by atoms with Gasteiger partial charge in [0.1, 0.15) is 0 Å². The highest BCUT2D eigenvalue weighted by Crippen LogP contribution is 2.34.